The van der Waals surface area contributed by atoms with Gasteiger partial charge in [-0.3, -0.25) is 4.79 Å². The van der Waals surface area contributed by atoms with Crippen LogP contribution in [-0.4, -0.2) is 40.1 Å². The molecule has 0 unspecified atom stereocenters. The van der Waals surface area contributed by atoms with Gasteiger partial charge < -0.3 is 20.2 Å². The average molecular weight is 373 g/mol. The van der Waals surface area contributed by atoms with Gasteiger partial charge in [-0.15, -0.1) is 6.42 Å². The molecule has 140 valence electrons. The van der Waals surface area contributed by atoms with Gasteiger partial charge in [0.25, 0.3) is 0 Å². The molecule has 1 aromatic heterocycles. The number of anilines is 4. The topological polar surface area (TPSA) is 81.6 Å². The lowest BCUT2D eigenvalue weighted by molar-refractivity contribution is -0.119. The number of carbonyl (C=O) groups is 1. The van der Waals surface area contributed by atoms with Gasteiger partial charge >= 0.3 is 0 Å². The van der Waals surface area contributed by atoms with Gasteiger partial charge in [-0.2, -0.15) is 4.98 Å². The number of hydrogen-bond acceptors (Lipinski definition) is 6. The molecule has 2 N–H and O–H groups in total. The van der Waals surface area contributed by atoms with Crippen molar-refractivity contribution >= 4 is 29.0 Å². The largest absolute Gasteiger partial charge is 0.503 e. The minimum absolute atomic E-state index is 0.0264. The fraction of sp³-hybridized carbons (Fsp3) is 0.278. The molecule has 0 aliphatic carbocycles. The molecule has 27 heavy (non-hydrogen) atoms. The van der Waals surface area contributed by atoms with Gasteiger partial charge in [0.2, 0.25) is 11.9 Å². The molecule has 1 aromatic carbocycles. The zero-order valence-electron chi connectivity index (χ0n) is 14.7. The zero-order valence-corrected chi connectivity index (χ0v) is 14.7. The van der Waals surface area contributed by atoms with E-state index in [0.29, 0.717) is 18.1 Å². The Balaban J connectivity index is 2.02. The normalized spacial score (nSPS) is 16.1. The van der Waals surface area contributed by atoms with E-state index in [-0.39, 0.29) is 24.1 Å². The number of likely N-dealkylation sites (N-methyl/N-ethyl adjacent to an activating group) is 1. The van der Waals surface area contributed by atoms with Crippen LogP contribution >= 0.6 is 0 Å². The van der Waals surface area contributed by atoms with Crippen LogP contribution in [0.4, 0.5) is 31.9 Å². The molecule has 0 fully saturated rings. The number of nitrogens with zero attached hydrogens (tertiary/aromatic N) is 4. The molecule has 1 aliphatic heterocycles. The zero-order chi connectivity index (χ0) is 19.7. The lowest BCUT2D eigenvalue weighted by Crippen LogP contribution is -2.52. The summed E-state index contributed by atoms with van der Waals surface area (Å²) in [7, 11) is 0. The van der Waals surface area contributed by atoms with Crippen molar-refractivity contribution < 1.29 is 18.7 Å². The summed E-state index contributed by atoms with van der Waals surface area (Å²) in [5.41, 5.74) is 0.531. The molecule has 0 saturated carbocycles. The van der Waals surface area contributed by atoms with E-state index < -0.39 is 23.4 Å². The second-order valence-corrected chi connectivity index (χ2v) is 5.91. The van der Waals surface area contributed by atoms with Crippen molar-refractivity contribution in [3.05, 3.63) is 30.0 Å². The van der Waals surface area contributed by atoms with Crippen LogP contribution < -0.4 is 15.1 Å². The quantitative estimate of drug-likeness (QED) is 0.633. The number of fused-ring (bicyclic) bond motifs is 1. The fourth-order valence-corrected chi connectivity index (χ4v) is 2.89. The molecule has 0 spiro atoms. The van der Waals surface area contributed by atoms with Crippen molar-refractivity contribution in [3.8, 4) is 18.1 Å². The summed E-state index contributed by atoms with van der Waals surface area (Å²) >= 11 is 0. The number of terminal acetylenes is 1. The Labute approximate surface area is 154 Å². The first-order chi connectivity index (χ1) is 12.9. The molecule has 0 bridgehead atoms. The Morgan fingerprint density at radius 1 is 1.37 bits per heavy atom. The van der Waals surface area contributed by atoms with E-state index in [1.165, 1.54) is 6.20 Å². The standard InChI is InChI=1S/C18H17F2N5O2/c1-4-6-25-10(3)17(27)24(5-2)14-9-21-18(23-16(14)25)22-11-7-12(19)15(26)13(20)8-11/h1,7-10,26H,5-6H2,2-3H3,(H,21,22,23)/t10-/m1/s1. The molecule has 1 amide bonds. The average Bonchev–Trinajstić information content (AvgIpc) is 2.64. The van der Waals surface area contributed by atoms with E-state index in [1.807, 2.05) is 6.92 Å². The van der Waals surface area contributed by atoms with Crippen molar-refractivity contribution in [3.63, 3.8) is 0 Å². The first-order valence-electron chi connectivity index (χ1n) is 8.20. The first kappa shape index (κ1) is 18.4. The highest BCUT2D eigenvalue weighted by Gasteiger charge is 2.36. The molecule has 2 heterocycles. The van der Waals surface area contributed by atoms with Crippen molar-refractivity contribution in [1.29, 1.82) is 0 Å². The monoisotopic (exact) mass is 373 g/mol. The Kier molecular flexibility index (Phi) is 4.81. The second kappa shape index (κ2) is 7.07. The first-order valence-corrected chi connectivity index (χ1v) is 8.20. The van der Waals surface area contributed by atoms with E-state index in [4.69, 9.17) is 6.42 Å². The van der Waals surface area contributed by atoms with Crippen LogP contribution in [0.15, 0.2) is 18.3 Å². The van der Waals surface area contributed by atoms with Crippen molar-refractivity contribution in [2.24, 2.45) is 0 Å². The van der Waals surface area contributed by atoms with Crippen LogP contribution in [0.3, 0.4) is 0 Å². The second-order valence-electron chi connectivity index (χ2n) is 5.91. The summed E-state index contributed by atoms with van der Waals surface area (Å²) in [6, 6.07) is 1.33. The van der Waals surface area contributed by atoms with Crippen LogP contribution in [-0.2, 0) is 4.79 Å². The van der Waals surface area contributed by atoms with Gasteiger partial charge in [0.05, 0.1) is 12.7 Å². The highest BCUT2D eigenvalue weighted by molar-refractivity contribution is 6.04. The van der Waals surface area contributed by atoms with Gasteiger partial charge in [0, 0.05) is 24.4 Å². The summed E-state index contributed by atoms with van der Waals surface area (Å²) in [5.74, 6) is -0.385. The Morgan fingerprint density at radius 2 is 2.04 bits per heavy atom. The maximum absolute atomic E-state index is 13.5. The molecule has 3 rings (SSSR count). The van der Waals surface area contributed by atoms with E-state index in [2.05, 4.69) is 21.2 Å². The molecule has 0 radical (unpaired) electrons. The summed E-state index contributed by atoms with van der Waals surface area (Å²) in [5, 5.41) is 11.9. The number of halogens is 2. The van der Waals surface area contributed by atoms with E-state index >= 15 is 0 Å². The SMILES string of the molecule is C#CCN1c2nc(Nc3cc(F)c(O)c(F)c3)ncc2N(CC)C(=O)[C@H]1C. The minimum atomic E-state index is -1.11. The number of benzene rings is 1. The molecule has 2 aromatic rings. The molecule has 1 atom stereocenters. The summed E-state index contributed by atoms with van der Waals surface area (Å²) < 4.78 is 27.0. The Hall–Kier alpha value is -3.41. The maximum Gasteiger partial charge on any atom is 0.249 e. The number of carbonyl (C=O) groups excluding carboxylic acids is 1. The lowest BCUT2D eigenvalue weighted by atomic mass is 10.1. The highest BCUT2D eigenvalue weighted by atomic mass is 19.1. The third kappa shape index (κ3) is 3.21. The van der Waals surface area contributed by atoms with Crippen LogP contribution in [0.5, 0.6) is 5.75 Å². The number of rotatable bonds is 4. The third-order valence-corrected chi connectivity index (χ3v) is 4.25. The Morgan fingerprint density at radius 3 is 2.63 bits per heavy atom. The maximum atomic E-state index is 13.5. The number of nitrogens with one attached hydrogen (secondary N) is 1. The van der Waals surface area contributed by atoms with Crippen LogP contribution in [0.2, 0.25) is 0 Å². The van der Waals surface area contributed by atoms with Gasteiger partial charge in [-0.25, -0.2) is 13.8 Å². The summed E-state index contributed by atoms with van der Waals surface area (Å²) in [6.45, 7) is 4.16. The predicted octanol–water partition coefficient (Wildman–Crippen LogP) is 2.40. The van der Waals surface area contributed by atoms with Crippen LogP contribution in [0, 0.1) is 24.0 Å². The van der Waals surface area contributed by atoms with Gasteiger partial charge in [0.1, 0.15) is 11.7 Å². The number of hydrogen-bond donors (Lipinski definition) is 2. The molecule has 7 nitrogen and oxygen atoms in total. The number of aromatic nitrogens is 2. The van der Waals surface area contributed by atoms with Crippen molar-refractivity contribution in [2.75, 3.05) is 28.2 Å². The number of amides is 1. The van der Waals surface area contributed by atoms with Gasteiger partial charge in [-0.05, 0) is 13.8 Å². The van der Waals surface area contributed by atoms with Crippen molar-refractivity contribution in [1.82, 2.24) is 9.97 Å². The summed E-state index contributed by atoms with van der Waals surface area (Å²) in [6.07, 6.45) is 6.87. The molecule has 9 heteroatoms. The number of aromatic hydroxyl groups is 1. The minimum Gasteiger partial charge on any atom is -0.503 e. The van der Waals surface area contributed by atoms with E-state index in [0.717, 1.165) is 12.1 Å². The molecule has 0 saturated heterocycles. The molecule has 1 aliphatic rings. The highest BCUT2D eigenvalue weighted by Crippen LogP contribution is 2.35. The van der Waals surface area contributed by atoms with Gasteiger partial charge in [0.15, 0.2) is 23.2 Å². The van der Waals surface area contributed by atoms with Crippen LogP contribution in [0.25, 0.3) is 0 Å². The predicted molar refractivity (Wildman–Crippen MR) is 97.0 cm³/mol. The van der Waals surface area contributed by atoms with E-state index in [9.17, 15) is 18.7 Å². The fourth-order valence-electron chi connectivity index (χ4n) is 2.89. The molecular weight excluding hydrogens is 356 g/mol. The lowest BCUT2D eigenvalue weighted by Gasteiger charge is -2.39. The number of phenolic OH excluding ortho intramolecular Hbond substituents is 1. The van der Waals surface area contributed by atoms with Gasteiger partial charge in [-0.1, -0.05) is 5.92 Å². The smallest absolute Gasteiger partial charge is 0.249 e. The molecular formula is C18H17F2N5O2. The third-order valence-electron chi connectivity index (χ3n) is 4.25. The number of phenols is 1. The Bertz CT molecular complexity index is 921. The van der Waals surface area contributed by atoms with Crippen molar-refractivity contribution in [2.45, 2.75) is 19.9 Å². The van der Waals surface area contributed by atoms with E-state index in [1.54, 1.807) is 16.7 Å². The summed E-state index contributed by atoms with van der Waals surface area (Å²) in [4.78, 5) is 24.2. The van der Waals surface area contributed by atoms with Crippen LogP contribution in [0.1, 0.15) is 13.8 Å².